The van der Waals surface area contributed by atoms with Crippen molar-refractivity contribution in [2.75, 3.05) is 114 Å². The molecule has 3 fully saturated rings. The largest absolute Gasteiger partial charge is 0.501 e. The molecule has 0 bridgehead atoms. The van der Waals surface area contributed by atoms with Crippen molar-refractivity contribution in [3.63, 3.8) is 0 Å². The van der Waals surface area contributed by atoms with E-state index in [0.717, 1.165) is 86.7 Å². The zero-order chi connectivity index (χ0) is 55.7. The Balaban J connectivity index is 0.905. The summed E-state index contributed by atoms with van der Waals surface area (Å²) in [5, 5.41) is 12.8. The minimum absolute atomic E-state index is 0.0261. The van der Waals surface area contributed by atoms with Crippen molar-refractivity contribution in [2.45, 2.75) is 71.7 Å². The van der Waals surface area contributed by atoms with Crippen LogP contribution in [0.2, 0.25) is 5.02 Å². The molecule has 4 aromatic carbocycles. The van der Waals surface area contributed by atoms with Gasteiger partial charge in [0.2, 0.25) is 5.91 Å². The summed E-state index contributed by atoms with van der Waals surface area (Å²) >= 11 is 7.74. The Kier molecular flexibility index (Phi) is 19.6. The number of sulfonamides is 1. The van der Waals surface area contributed by atoms with E-state index in [0.29, 0.717) is 88.8 Å². The van der Waals surface area contributed by atoms with Crippen molar-refractivity contribution in [1.29, 1.82) is 0 Å². The number of hydrogen-bond acceptors (Lipinski definition) is 14. The van der Waals surface area contributed by atoms with Crippen LogP contribution >= 0.6 is 23.4 Å². The van der Waals surface area contributed by atoms with Crippen LogP contribution in [0.15, 0.2) is 117 Å². The van der Waals surface area contributed by atoms with E-state index in [1.807, 2.05) is 47.2 Å². The number of halogens is 4. The van der Waals surface area contributed by atoms with Crippen LogP contribution in [0, 0.1) is 5.41 Å². The van der Waals surface area contributed by atoms with Gasteiger partial charge >= 0.3 is 11.5 Å². The molecule has 4 aromatic rings. The number of nitrogens with one attached hydrogen (secondary N) is 2. The first-order valence-corrected chi connectivity index (χ1v) is 30.5. The van der Waals surface area contributed by atoms with Crippen LogP contribution in [0.3, 0.4) is 0 Å². The van der Waals surface area contributed by atoms with Gasteiger partial charge in [0.05, 0.1) is 17.2 Å². The highest BCUT2D eigenvalue weighted by molar-refractivity contribution is 7.99. The Hall–Kier alpha value is -5.20. The second kappa shape index (κ2) is 25.9. The van der Waals surface area contributed by atoms with Gasteiger partial charge in [0.25, 0.3) is 25.8 Å². The molecule has 4 aliphatic rings. The molecule has 0 radical (unpaired) electrons. The van der Waals surface area contributed by atoms with Gasteiger partial charge in [-0.1, -0.05) is 54.4 Å². The van der Waals surface area contributed by atoms with Crippen LogP contribution in [0.4, 0.5) is 24.5 Å². The number of rotatable bonds is 20. The van der Waals surface area contributed by atoms with Crippen molar-refractivity contribution in [2.24, 2.45) is 5.41 Å². The van der Waals surface area contributed by atoms with Crippen molar-refractivity contribution in [1.82, 2.24) is 24.3 Å². The number of thioether (sulfide) groups is 1. The third kappa shape index (κ3) is 15.6. The van der Waals surface area contributed by atoms with Crippen LogP contribution in [0.25, 0.3) is 5.57 Å². The fraction of sp³-hybridized carbons (Fsp3) is 0.473. The van der Waals surface area contributed by atoms with Crippen LogP contribution in [0.5, 0.6) is 0 Å². The number of ether oxygens (including phenoxy) is 1. The molecular formula is C55H67ClF3N7O9S3. The number of nitrogens with zero attached hydrogens (tertiary/aromatic N) is 5. The summed E-state index contributed by atoms with van der Waals surface area (Å²) in [6, 6.07) is 25.5. The molecule has 0 saturated carbocycles. The summed E-state index contributed by atoms with van der Waals surface area (Å²) in [7, 11) is -11.0. The van der Waals surface area contributed by atoms with E-state index in [9.17, 15) is 44.4 Å². The molecule has 16 nitrogen and oxygen atoms in total. The maximum absolute atomic E-state index is 14.3. The number of carbonyl (C=O) groups excluding carboxylic acids is 2. The molecule has 2 amide bonds. The predicted molar refractivity (Wildman–Crippen MR) is 296 cm³/mol. The molecule has 3 N–H and O–H groups in total. The Morgan fingerprint density at radius 2 is 1.51 bits per heavy atom. The lowest BCUT2D eigenvalue weighted by atomic mass is 9.71. The van der Waals surface area contributed by atoms with Crippen molar-refractivity contribution >= 4 is 78.0 Å². The van der Waals surface area contributed by atoms with Gasteiger partial charge in [-0.2, -0.15) is 13.2 Å². The lowest BCUT2D eigenvalue weighted by molar-refractivity contribution is -0.145. The number of aliphatic carboxylic acids is 1. The number of alkyl halides is 3. The second-order valence-electron chi connectivity index (χ2n) is 20.7. The number of hydrogen-bond donors (Lipinski definition) is 3. The van der Waals surface area contributed by atoms with Crippen molar-refractivity contribution < 1.29 is 54.2 Å². The maximum Gasteiger partial charge on any atom is 0.501 e. The number of anilines is 2. The van der Waals surface area contributed by atoms with Gasteiger partial charge in [-0.3, -0.25) is 24.2 Å². The van der Waals surface area contributed by atoms with Crippen LogP contribution < -0.4 is 14.9 Å². The van der Waals surface area contributed by atoms with Crippen LogP contribution in [-0.4, -0.2) is 175 Å². The molecule has 2 unspecified atom stereocenters. The fourth-order valence-electron chi connectivity index (χ4n) is 10.7. The summed E-state index contributed by atoms with van der Waals surface area (Å²) in [4.78, 5) is 46.6. The molecule has 3 saturated heterocycles. The third-order valence-electron chi connectivity index (χ3n) is 14.9. The number of allylic oxidation sites excluding steroid dienone is 1. The van der Waals surface area contributed by atoms with E-state index in [-0.39, 0.29) is 16.9 Å². The monoisotopic (exact) mass is 1160 g/mol. The number of benzene rings is 4. The van der Waals surface area contributed by atoms with E-state index < -0.39 is 65.2 Å². The summed E-state index contributed by atoms with van der Waals surface area (Å²) in [5.41, 5.74) is -1.62. The van der Waals surface area contributed by atoms with Gasteiger partial charge < -0.3 is 29.9 Å². The van der Waals surface area contributed by atoms with Gasteiger partial charge in [0.1, 0.15) is 11.3 Å². The van der Waals surface area contributed by atoms with E-state index in [2.05, 4.69) is 44.0 Å². The minimum atomic E-state index is -6.09. The second-order valence-corrected chi connectivity index (χ2v) is 25.8. The molecular weight excluding hydrogens is 1090 g/mol. The Morgan fingerprint density at radius 3 is 2.19 bits per heavy atom. The molecule has 1 aliphatic carbocycles. The first kappa shape index (κ1) is 58.9. The van der Waals surface area contributed by atoms with E-state index in [4.69, 9.17) is 21.4 Å². The van der Waals surface area contributed by atoms with Crippen LogP contribution in [-0.2, 0) is 34.2 Å². The summed E-state index contributed by atoms with van der Waals surface area (Å²) < 4.78 is 104. The number of amides is 2. The summed E-state index contributed by atoms with van der Waals surface area (Å²) in [6.07, 6.45) is 3.49. The van der Waals surface area contributed by atoms with E-state index >= 15 is 0 Å². The quantitative estimate of drug-likeness (QED) is 0.0574. The fourth-order valence-corrected chi connectivity index (χ4v) is 13.8. The smallest absolute Gasteiger partial charge is 0.481 e. The van der Waals surface area contributed by atoms with E-state index in [1.54, 1.807) is 17.0 Å². The Labute approximate surface area is 464 Å². The van der Waals surface area contributed by atoms with Crippen molar-refractivity contribution in [3.8, 4) is 0 Å². The first-order chi connectivity index (χ1) is 37.1. The van der Waals surface area contributed by atoms with Gasteiger partial charge in [0.15, 0.2) is 0 Å². The first-order valence-electron chi connectivity index (χ1n) is 26.2. The van der Waals surface area contributed by atoms with Crippen LogP contribution in [0.1, 0.15) is 61.4 Å². The number of piperazine rings is 2. The molecule has 422 valence electrons. The van der Waals surface area contributed by atoms with Gasteiger partial charge in [-0.25, -0.2) is 21.6 Å². The lowest BCUT2D eigenvalue weighted by Gasteiger charge is -2.44. The topological polar surface area (TPSA) is 189 Å². The molecule has 78 heavy (non-hydrogen) atoms. The molecule has 3 aliphatic heterocycles. The Morgan fingerprint density at radius 1 is 0.821 bits per heavy atom. The average Bonchev–Trinajstić information content (AvgIpc) is 3.75. The zero-order valence-corrected chi connectivity index (χ0v) is 46.8. The number of carbonyl (C=O) groups is 3. The van der Waals surface area contributed by atoms with E-state index in [1.165, 1.54) is 35.0 Å². The number of carboxylic acid groups (broad SMARTS) is 1. The molecule has 3 heterocycles. The molecule has 2 atom stereocenters. The van der Waals surface area contributed by atoms with Gasteiger partial charge in [-0.05, 0) is 115 Å². The molecule has 0 aromatic heterocycles. The summed E-state index contributed by atoms with van der Waals surface area (Å²) in [6.45, 7) is 12.2. The predicted octanol–water partition coefficient (Wildman–Crippen LogP) is 7.82. The molecule has 0 spiro atoms. The SMILES string of the molecule is CC1(CN2CCN(C(=O)CC(=O)O)CC2)CCC(c2ccc(Cl)cc2)=C(CN2CCN(c3ccc(C(=O)NS(=O)(=O)c4ccc(NC(CCN5CCCOCC5)CSc5ccccc5)c(S(=O)(=O)C(F)(F)F)c4)cc3)CC2)C1. The minimum Gasteiger partial charge on any atom is -0.481 e. The molecule has 8 rings (SSSR count). The highest BCUT2D eigenvalue weighted by atomic mass is 35.5. The third-order valence-corrected chi connectivity index (χ3v) is 19.2. The Bertz CT molecular complexity index is 2990. The van der Waals surface area contributed by atoms with Gasteiger partial charge in [-0.15, -0.1) is 11.8 Å². The number of carboxylic acids is 1. The van der Waals surface area contributed by atoms with Gasteiger partial charge in [0, 0.05) is 125 Å². The average molecular weight is 1160 g/mol. The highest BCUT2D eigenvalue weighted by Gasteiger charge is 2.48. The normalized spacial score (nSPS) is 20.0. The highest BCUT2D eigenvalue weighted by Crippen LogP contribution is 2.44. The number of sulfone groups is 1. The summed E-state index contributed by atoms with van der Waals surface area (Å²) in [5.74, 6) is -2.18. The zero-order valence-electron chi connectivity index (χ0n) is 43.6. The maximum atomic E-state index is 14.3. The van der Waals surface area contributed by atoms with Crippen molar-refractivity contribution in [3.05, 3.63) is 119 Å². The molecule has 23 heteroatoms. The standard InChI is InChI=1S/C55H67ClF3N7O9S3/c1-54(39-64-25-29-66(30-26-64)51(67)35-52(68)69)20-18-48(40-8-12-43(56)13-9-40)42(36-54)37-63-23-27-65(28-24-63)45-14-10-41(11-15-45)53(70)61-78(73,74)47-16-17-49(50(34-47)77(71,72)55(57,58)59)60-44(38-76-46-6-3-2-4-7-46)19-22-62-21-5-32-75-33-31-62/h2-4,6-17,34,44,60H,5,18-33,35-39H2,1H3,(H,61,70)(H,68,69). The lowest BCUT2D eigenvalue weighted by Crippen LogP contribution is -2.52.